The molecule has 0 spiro atoms. The van der Waals surface area contributed by atoms with E-state index in [0.29, 0.717) is 23.1 Å². The molecule has 0 aliphatic carbocycles. The van der Waals surface area contributed by atoms with E-state index in [1.54, 1.807) is 12.1 Å². The Morgan fingerprint density at radius 2 is 1.66 bits per heavy atom. The fourth-order valence-corrected chi connectivity index (χ4v) is 2.97. The molecule has 0 atom stereocenters. The largest absolute Gasteiger partial charge is 0.478 e. The molecule has 1 heterocycles. The van der Waals surface area contributed by atoms with Gasteiger partial charge in [0.05, 0.1) is 16.8 Å². The molecule has 0 saturated heterocycles. The number of fused-ring (bicyclic) bond motifs is 1. The molecule has 5 heteroatoms. The van der Waals surface area contributed by atoms with Crippen molar-refractivity contribution in [3.05, 3.63) is 101 Å². The normalized spacial score (nSPS) is 10.3. The quantitative estimate of drug-likeness (QED) is 0.458. The third kappa shape index (κ3) is 5.19. The summed E-state index contributed by atoms with van der Waals surface area (Å²) in [6.07, 6.45) is 0. The molecule has 3 N–H and O–H groups in total. The van der Waals surface area contributed by atoms with Gasteiger partial charge in [-0.05, 0) is 36.8 Å². The lowest BCUT2D eigenvalue weighted by molar-refractivity contribution is 0.0699. The first-order valence-corrected chi connectivity index (χ1v) is 9.50. The first-order chi connectivity index (χ1) is 14.0. The molecule has 0 aliphatic heterocycles. The number of carboxylic acid groups (broad SMARTS) is 1. The summed E-state index contributed by atoms with van der Waals surface area (Å²) in [7, 11) is 0. The molecule has 0 aliphatic rings. The van der Waals surface area contributed by atoms with Crippen LogP contribution in [0.3, 0.4) is 0 Å². The summed E-state index contributed by atoms with van der Waals surface area (Å²) in [5.74, 6) is -0.933. The van der Waals surface area contributed by atoms with Gasteiger partial charge in [-0.25, -0.2) is 9.78 Å². The topological polar surface area (TPSA) is 76.2 Å². The lowest BCUT2D eigenvalue weighted by Gasteiger charge is -2.07. The molecule has 146 valence electrons. The third-order valence-corrected chi connectivity index (χ3v) is 4.69. The maximum Gasteiger partial charge on any atom is 0.336 e. The van der Waals surface area contributed by atoms with Crippen molar-refractivity contribution < 1.29 is 9.90 Å². The van der Waals surface area contributed by atoms with Gasteiger partial charge in [-0.1, -0.05) is 71.8 Å². The zero-order chi connectivity index (χ0) is 20.8. The minimum absolute atomic E-state index is 0.283. The fourth-order valence-electron chi connectivity index (χ4n) is 2.85. The number of hydrogen-bond donors (Lipinski definition) is 2. The summed E-state index contributed by atoms with van der Waals surface area (Å²) in [5.41, 5.74) is 10.2. The minimum Gasteiger partial charge on any atom is -0.478 e. The molecule has 29 heavy (non-hydrogen) atoms. The third-order valence-electron chi connectivity index (χ3n) is 4.44. The van der Waals surface area contributed by atoms with Crippen molar-refractivity contribution in [3.8, 4) is 11.3 Å². The molecular weight excluding hydrogens is 384 g/mol. The molecule has 0 saturated carbocycles. The number of hydrogen-bond acceptors (Lipinski definition) is 3. The van der Waals surface area contributed by atoms with E-state index in [-0.39, 0.29) is 5.56 Å². The number of carbonyl (C=O) groups is 1. The molecule has 3 aromatic carbocycles. The second kappa shape index (κ2) is 9.32. The van der Waals surface area contributed by atoms with E-state index in [9.17, 15) is 9.90 Å². The Hall–Kier alpha value is -3.21. The number of benzene rings is 3. The number of rotatable bonds is 3. The highest BCUT2D eigenvalue weighted by molar-refractivity contribution is 6.30. The second-order valence-corrected chi connectivity index (χ2v) is 7.01. The van der Waals surface area contributed by atoms with E-state index in [1.807, 2.05) is 73.7 Å². The Balaban J connectivity index is 0.000000224. The number of pyridine rings is 1. The Morgan fingerprint density at radius 1 is 1.00 bits per heavy atom. The van der Waals surface area contributed by atoms with Gasteiger partial charge in [0.15, 0.2) is 0 Å². The Morgan fingerprint density at radius 3 is 2.28 bits per heavy atom. The van der Waals surface area contributed by atoms with Gasteiger partial charge in [-0.15, -0.1) is 0 Å². The van der Waals surface area contributed by atoms with Crippen LogP contribution < -0.4 is 5.73 Å². The number of nitrogens with zero attached hydrogens (tertiary/aromatic N) is 1. The van der Waals surface area contributed by atoms with E-state index in [0.717, 1.165) is 21.7 Å². The maximum atomic E-state index is 11.4. The summed E-state index contributed by atoms with van der Waals surface area (Å²) >= 11 is 5.63. The van der Waals surface area contributed by atoms with E-state index in [1.165, 1.54) is 0 Å². The van der Waals surface area contributed by atoms with Crippen molar-refractivity contribution in [1.29, 1.82) is 0 Å². The van der Waals surface area contributed by atoms with E-state index < -0.39 is 5.97 Å². The average molecular weight is 405 g/mol. The van der Waals surface area contributed by atoms with Crippen molar-refractivity contribution in [2.45, 2.75) is 13.5 Å². The molecule has 1 aromatic heterocycles. The van der Waals surface area contributed by atoms with Gasteiger partial charge in [0.2, 0.25) is 0 Å². The Kier molecular flexibility index (Phi) is 6.60. The Bertz CT molecular complexity index is 1120. The molecule has 0 fully saturated rings. The summed E-state index contributed by atoms with van der Waals surface area (Å²) in [6.45, 7) is 2.59. The van der Waals surface area contributed by atoms with Crippen LogP contribution in [0.2, 0.25) is 5.02 Å². The van der Waals surface area contributed by atoms with Crippen molar-refractivity contribution in [1.82, 2.24) is 4.98 Å². The van der Waals surface area contributed by atoms with Crippen LogP contribution in [0.25, 0.3) is 22.2 Å². The molecule has 0 amide bonds. The highest BCUT2D eigenvalue weighted by atomic mass is 35.5. The van der Waals surface area contributed by atoms with Crippen LogP contribution in [-0.2, 0) is 6.54 Å². The number of aromatic nitrogens is 1. The van der Waals surface area contributed by atoms with Crippen LogP contribution in [0.5, 0.6) is 0 Å². The summed E-state index contributed by atoms with van der Waals surface area (Å²) < 4.78 is 0. The zero-order valence-corrected chi connectivity index (χ0v) is 16.7. The second-order valence-electron chi connectivity index (χ2n) is 6.57. The van der Waals surface area contributed by atoms with Gasteiger partial charge in [0, 0.05) is 22.5 Å². The highest BCUT2D eigenvalue weighted by Crippen LogP contribution is 2.25. The van der Waals surface area contributed by atoms with Gasteiger partial charge in [0.1, 0.15) is 0 Å². The first-order valence-electron chi connectivity index (χ1n) is 9.12. The fraction of sp³-hybridized carbons (Fsp3) is 0.0833. The van der Waals surface area contributed by atoms with E-state index in [2.05, 4.69) is 4.98 Å². The number of aromatic carboxylic acids is 1. The monoisotopic (exact) mass is 404 g/mol. The minimum atomic E-state index is -0.933. The summed E-state index contributed by atoms with van der Waals surface area (Å²) in [5, 5.41) is 10.8. The Labute approximate surface area is 174 Å². The number of carboxylic acids is 1. The van der Waals surface area contributed by atoms with Gasteiger partial charge in [-0.2, -0.15) is 0 Å². The average Bonchev–Trinajstić information content (AvgIpc) is 2.74. The SMILES string of the molecule is Cc1ccc(-c2cc(C(=O)O)c3ccccc3n2)cc1.NCc1ccc(Cl)cc1. The van der Waals surface area contributed by atoms with Crippen LogP contribution in [0.1, 0.15) is 21.5 Å². The molecule has 4 rings (SSSR count). The van der Waals surface area contributed by atoms with Gasteiger partial charge in [0.25, 0.3) is 0 Å². The maximum absolute atomic E-state index is 11.4. The van der Waals surface area contributed by atoms with Gasteiger partial charge in [-0.3, -0.25) is 0 Å². The number of para-hydroxylation sites is 1. The smallest absolute Gasteiger partial charge is 0.336 e. The van der Waals surface area contributed by atoms with E-state index >= 15 is 0 Å². The highest BCUT2D eigenvalue weighted by Gasteiger charge is 2.12. The first kappa shape index (κ1) is 20.5. The standard InChI is InChI=1S/C17H13NO2.C7H8ClN/c1-11-6-8-12(9-7-11)16-10-14(17(19)20)13-4-2-3-5-15(13)18-16;8-7-3-1-6(5-9)2-4-7/h2-10H,1H3,(H,19,20);1-4H,5,9H2. The van der Waals surface area contributed by atoms with Crippen molar-refractivity contribution in [2.75, 3.05) is 0 Å². The molecular formula is C24H21ClN2O2. The van der Waals surface area contributed by atoms with Crippen LogP contribution >= 0.6 is 11.6 Å². The predicted molar refractivity (Wildman–Crippen MR) is 118 cm³/mol. The zero-order valence-electron chi connectivity index (χ0n) is 16.0. The number of aryl methyl sites for hydroxylation is 1. The number of halogens is 1. The van der Waals surface area contributed by atoms with Crippen LogP contribution in [0, 0.1) is 6.92 Å². The lowest BCUT2D eigenvalue weighted by atomic mass is 10.0. The van der Waals surface area contributed by atoms with E-state index in [4.69, 9.17) is 17.3 Å². The van der Waals surface area contributed by atoms with Crippen molar-refractivity contribution in [3.63, 3.8) is 0 Å². The van der Waals surface area contributed by atoms with Crippen LogP contribution in [0.4, 0.5) is 0 Å². The van der Waals surface area contributed by atoms with Gasteiger partial charge >= 0.3 is 5.97 Å². The molecule has 0 radical (unpaired) electrons. The number of nitrogens with two attached hydrogens (primary N) is 1. The van der Waals surface area contributed by atoms with Crippen molar-refractivity contribution >= 4 is 28.5 Å². The molecule has 0 unspecified atom stereocenters. The molecule has 0 bridgehead atoms. The molecule has 4 aromatic rings. The van der Waals surface area contributed by atoms with Crippen LogP contribution in [-0.4, -0.2) is 16.1 Å². The molecule has 4 nitrogen and oxygen atoms in total. The van der Waals surface area contributed by atoms with Crippen molar-refractivity contribution in [2.24, 2.45) is 5.73 Å². The van der Waals surface area contributed by atoms with Gasteiger partial charge < -0.3 is 10.8 Å². The summed E-state index contributed by atoms with van der Waals surface area (Å²) in [6, 6.07) is 24.3. The lowest BCUT2D eigenvalue weighted by Crippen LogP contribution is -2.00. The predicted octanol–water partition coefficient (Wildman–Crippen LogP) is 5.71. The summed E-state index contributed by atoms with van der Waals surface area (Å²) in [4.78, 5) is 16.0. The van der Waals surface area contributed by atoms with Crippen LogP contribution in [0.15, 0.2) is 78.9 Å².